The molecule has 1 aliphatic heterocycles. The number of rotatable bonds is 9. The Hall–Kier alpha value is -3.31. The lowest BCUT2D eigenvalue weighted by Crippen LogP contribution is -2.41. The number of hydrogen-bond acceptors (Lipinski definition) is 4. The van der Waals surface area contributed by atoms with Crippen molar-refractivity contribution in [2.45, 2.75) is 44.6 Å². The highest BCUT2D eigenvalue weighted by Gasteiger charge is 2.30. The van der Waals surface area contributed by atoms with Crippen LogP contribution >= 0.6 is 0 Å². The van der Waals surface area contributed by atoms with Crippen LogP contribution in [0.1, 0.15) is 29.5 Å². The van der Waals surface area contributed by atoms with Gasteiger partial charge < -0.3 is 15.2 Å². The lowest BCUT2D eigenvalue weighted by atomic mass is 9.97. The van der Waals surface area contributed by atoms with E-state index in [1.807, 2.05) is 30.3 Å². The van der Waals surface area contributed by atoms with Crippen LogP contribution in [0.4, 0.5) is 4.79 Å². The van der Waals surface area contributed by atoms with Crippen molar-refractivity contribution in [3.8, 4) is 5.75 Å². The Bertz CT molecular complexity index is 953. The summed E-state index contributed by atoms with van der Waals surface area (Å²) in [5.74, 6) is 0.868. The zero-order valence-electron chi connectivity index (χ0n) is 18.2. The SMILES string of the molecule is NC(=O)OC(CCN(Cc1ccccc1)Cc1ccccc1)C1CCc2ccccc2O1. The quantitative estimate of drug-likeness (QED) is 0.522. The molecule has 0 saturated heterocycles. The summed E-state index contributed by atoms with van der Waals surface area (Å²) >= 11 is 0. The molecular weight excluding hydrogens is 400 g/mol. The van der Waals surface area contributed by atoms with Gasteiger partial charge in [0.2, 0.25) is 0 Å². The van der Waals surface area contributed by atoms with E-state index < -0.39 is 12.2 Å². The van der Waals surface area contributed by atoms with Crippen molar-refractivity contribution >= 4 is 6.09 Å². The smallest absolute Gasteiger partial charge is 0.404 e. The Morgan fingerprint density at radius 3 is 2.16 bits per heavy atom. The van der Waals surface area contributed by atoms with Gasteiger partial charge in [-0.3, -0.25) is 4.90 Å². The molecular formula is C27H30N2O3. The van der Waals surface area contributed by atoms with Gasteiger partial charge in [0, 0.05) is 26.1 Å². The minimum Gasteiger partial charge on any atom is -0.486 e. The molecule has 2 atom stereocenters. The van der Waals surface area contributed by atoms with E-state index >= 15 is 0 Å². The molecule has 0 bridgehead atoms. The number of aryl methyl sites for hydroxylation is 1. The number of nitrogens with two attached hydrogens (primary N) is 1. The maximum atomic E-state index is 11.7. The predicted molar refractivity (Wildman–Crippen MR) is 125 cm³/mol. The summed E-state index contributed by atoms with van der Waals surface area (Å²) in [7, 11) is 0. The largest absolute Gasteiger partial charge is 0.486 e. The second-order valence-electron chi connectivity index (χ2n) is 8.25. The van der Waals surface area contributed by atoms with Gasteiger partial charge in [0.25, 0.3) is 0 Å². The number of benzene rings is 3. The van der Waals surface area contributed by atoms with Crippen molar-refractivity contribution < 1.29 is 14.3 Å². The highest BCUT2D eigenvalue weighted by molar-refractivity contribution is 5.64. The van der Waals surface area contributed by atoms with E-state index in [9.17, 15) is 4.79 Å². The highest BCUT2D eigenvalue weighted by Crippen LogP contribution is 2.30. The summed E-state index contributed by atoms with van der Waals surface area (Å²) in [6, 6.07) is 28.9. The molecule has 0 spiro atoms. The first-order valence-corrected chi connectivity index (χ1v) is 11.2. The van der Waals surface area contributed by atoms with Gasteiger partial charge in [-0.15, -0.1) is 0 Å². The van der Waals surface area contributed by atoms with Gasteiger partial charge in [-0.1, -0.05) is 78.9 Å². The van der Waals surface area contributed by atoms with Crippen molar-refractivity contribution in [1.82, 2.24) is 4.90 Å². The van der Waals surface area contributed by atoms with Crippen LogP contribution in [0, 0.1) is 0 Å². The van der Waals surface area contributed by atoms with E-state index in [0.717, 1.165) is 38.2 Å². The molecule has 5 heteroatoms. The molecule has 5 nitrogen and oxygen atoms in total. The van der Waals surface area contributed by atoms with Crippen LogP contribution in [0.2, 0.25) is 0 Å². The Morgan fingerprint density at radius 2 is 1.53 bits per heavy atom. The summed E-state index contributed by atoms with van der Waals surface area (Å²) in [6.07, 6.45) is 0.997. The first-order valence-electron chi connectivity index (χ1n) is 11.2. The fourth-order valence-electron chi connectivity index (χ4n) is 4.28. The van der Waals surface area contributed by atoms with Crippen LogP contribution < -0.4 is 10.5 Å². The number of carbonyl (C=O) groups is 1. The second kappa shape index (κ2) is 10.8. The molecule has 166 valence electrons. The Morgan fingerprint density at radius 1 is 0.938 bits per heavy atom. The molecule has 0 saturated carbocycles. The van der Waals surface area contributed by atoms with E-state index in [2.05, 4.69) is 59.5 Å². The van der Waals surface area contributed by atoms with Gasteiger partial charge in [0.15, 0.2) is 0 Å². The summed E-state index contributed by atoms with van der Waals surface area (Å²) in [5.41, 5.74) is 9.11. The molecule has 0 fully saturated rings. The number of fused-ring (bicyclic) bond motifs is 1. The van der Waals surface area contributed by atoms with E-state index in [1.54, 1.807) is 0 Å². The van der Waals surface area contributed by atoms with E-state index in [-0.39, 0.29) is 6.10 Å². The molecule has 3 aromatic carbocycles. The third-order valence-corrected chi connectivity index (χ3v) is 5.86. The highest BCUT2D eigenvalue weighted by atomic mass is 16.6. The van der Waals surface area contributed by atoms with Crippen LogP contribution in [0.25, 0.3) is 0 Å². The molecule has 1 amide bonds. The van der Waals surface area contributed by atoms with Crippen molar-refractivity contribution in [1.29, 1.82) is 0 Å². The van der Waals surface area contributed by atoms with Crippen LogP contribution in [-0.2, 0) is 24.2 Å². The average Bonchev–Trinajstić information content (AvgIpc) is 2.82. The summed E-state index contributed by atoms with van der Waals surface area (Å²) in [5, 5.41) is 0. The third-order valence-electron chi connectivity index (χ3n) is 5.86. The molecule has 0 radical (unpaired) electrons. The van der Waals surface area contributed by atoms with Crippen molar-refractivity contribution in [3.05, 3.63) is 102 Å². The molecule has 0 aromatic heterocycles. The monoisotopic (exact) mass is 430 g/mol. The average molecular weight is 431 g/mol. The number of para-hydroxylation sites is 1. The van der Waals surface area contributed by atoms with E-state index in [4.69, 9.17) is 15.2 Å². The minimum atomic E-state index is -0.755. The summed E-state index contributed by atoms with van der Waals surface area (Å²) in [4.78, 5) is 14.0. The van der Waals surface area contributed by atoms with Gasteiger partial charge in [0.1, 0.15) is 18.0 Å². The fraction of sp³-hybridized carbons (Fsp3) is 0.296. The van der Waals surface area contributed by atoms with Crippen LogP contribution in [0.5, 0.6) is 5.75 Å². The Kier molecular flexibility index (Phi) is 7.41. The predicted octanol–water partition coefficient (Wildman–Crippen LogP) is 4.94. The molecule has 1 aliphatic rings. The van der Waals surface area contributed by atoms with Gasteiger partial charge in [0.05, 0.1) is 0 Å². The second-order valence-corrected chi connectivity index (χ2v) is 8.25. The van der Waals surface area contributed by atoms with E-state index in [0.29, 0.717) is 6.42 Å². The van der Waals surface area contributed by atoms with Crippen LogP contribution in [-0.4, -0.2) is 29.7 Å². The van der Waals surface area contributed by atoms with Gasteiger partial charge >= 0.3 is 6.09 Å². The molecule has 4 rings (SSSR count). The van der Waals surface area contributed by atoms with Gasteiger partial charge in [-0.25, -0.2) is 4.79 Å². The molecule has 2 unspecified atom stereocenters. The van der Waals surface area contributed by atoms with Crippen molar-refractivity contribution in [2.75, 3.05) is 6.54 Å². The molecule has 2 N–H and O–H groups in total. The Labute approximate surface area is 189 Å². The maximum absolute atomic E-state index is 11.7. The number of ether oxygens (including phenoxy) is 2. The van der Waals surface area contributed by atoms with E-state index in [1.165, 1.54) is 16.7 Å². The standard InChI is InChI=1S/C27H30N2O3/c28-27(30)32-26(25-16-15-23-13-7-8-14-24(23)31-25)17-18-29(19-21-9-3-1-4-10-21)20-22-11-5-2-6-12-22/h1-14,25-26H,15-20H2,(H2,28,30). The molecule has 1 heterocycles. The number of hydrogen-bond donors (Lipinski definition) is 1. The molecule has 32 heavy (non-hydrogen) atoms. The summed E-state index contributed by atoms with van der Waals surface area (Å²) < 4.78 is 11.8. The minimum absolute atomic E-state index is 0.201. The topological polar surface area (TPSA) is 64.8 Å². The lowest BCUT2D eigenvalue weighted by Gasteiger charge is -2.33. The third kappa shape index (κ3) is 6.11. The summed E-state index contributed by atoms with van der Waals surface area (Å²) in [6.45, 7) is 2.38. The van der Waals surface area contributed by atoms with Crippen molar-refractivity contribution in [3.63, 3.8) is 0 Å². The molecule has 0 aliphatic carbocycles. The normalized spacial score (nSPS) is 16.1. The number of amides is 1. The number of carbonyl (C=O) groups excluding carboxylic acids is 1. The number of nitrogens with zero attached hydrogens (tertiary/aromatic N) is 1. The fourth-order valence-corrected chi connectivity index (χ4v) is 4.28. The van der Waals surface area contributed by atoms with Crippen LogP contribution in [0.15, 0.2) is 84.9 Å². The van der Waals surface area contributed by atoms with Crippen LogP contribution in [0.3, 0.4) is 0 Å². The Balaban J connectivity index is 1.46. The number of primary amides is 1. The van der Waals surface area contributed by atoms with Gasteiger partial charge in [-0.2, -0.15) is 0 Å². The maximum Gasteiger partial charge on any atom is 0.404 e. The van der Waals surface area contributed by atoms with Gasteiger partial charge in [-0.05, 0) is 35.6 Å². The lowest BCUT2D eigenvalue weighted by molar-refractivity contribution is 0.000257. The van der Waals surface area contributed by atoms with Crippen molar-refractivity contribution in [2.24, 2.45) is 5.73 Å². The first-order chi connectivity index (χ1) is 15.7. The molecule has 3 aromatic rings. The zero-order valence-corrected chi connectivity index (χ0v) is 18.2. The first kappa shape index (κ1) is 21.9. The zero-order chi connectivity index (χ0) is 22.2.